The molecule has 1 fully saturated rings. The highest BCUT2D eigenvalue weighted by Crippen LogP contribution is 2.20. The van der Waals surface area contributed by atoms with Gasteiger partial charge in [-0.25, -0.2) is 17.1 Å². The number of anilines is 1. The first-order chi connectivity index (χ1) is 9.36. The first-order valence-electron chi connectivity index (χ1n) is 6.38. The van der Waals surface area contributed by atoms with Crippen LogP contribution in [-0.2, 0) is 14.8 Å². The lowest BCUT2D eigenvalue weighted by molar-refractivity contribution is -0.120. The molecule has 110 valence electrons. The van der Waals surface area contributed by atoms with Crippen LogP contribution in [0.1, 0.15) is 12.8 Å². The molecule has 0 spiro atoms. The van der Waals surface area contributed by atoms with Gasteiger partial charge in [-0.05, 0) is 31.0 Å². The van der Waals surface area contributed by atoms with Gasteiger partial charge in [0.25, 0.3) is 0 Å². The molecule has 1 aliphatic rings. The van der Waals surface area contributed by atoms with Gasteiger partial charge in [-0.1, -0.05) is 6.07 Å². The summed E-state index contributed by atoms with van der Waals surface area (Å²) in [6.07, 6.45) is 2.42. The van der Waals surface area contributed by atoms with Gasteiger partial charge in [0.2, 0.25) is 15.9 Å². The number of carbonyl (C=O) groups is 1. The molecule has 1 heterocycles. The second-order valence-corrected chi connectivity index (χ2v) is 6.94. The Hall–Kier alpha value is -1.47. The number of hydrogen-bond acceptors (Lipinski definition) is 3. The molecule has 0 radical (unpaired) electrons. The number of hydrogen-bond donors (Lipinski definition) is 1. The summed E-state index contributed by atoms with van der Waals surface area (Å²) in [6.45, 7) is 0.628. The number of carbonyl (C=O) groups excluding carboxylic acids is 1. The molecule has 2 rings (SSSR count). The Kier molecular flexibility index (Phi) is 4.39. The van der Waals surface area contributed by atoms with Crippen LogP contribution in [0.25, 0.3) is 0 Å². The molecule has 1 aromatic rings. The molecule has 0 aromatic heterocycles. The molecular weight excluding hydrogens is 283 g/mol. The van der Waals surface area contributed by atoms with Crippen molar-refractivity contribution in [3.63, 3.8) is 0 Å². The third kappa shape index (κ3) is 3.77. The van der Waals surface area contributed by atoms with E-state index >= 15 is 0 Å². The Morgan fingerprint density at radius 2 is 2.20 bits per heavy atom. The lowest BCUT2D eigenvalue weighted by atomic mass is 9.99. The topological polar surface area (TPSA) is 66.5 Å². The number of piperidine rings is 1. The van der Waals surface area contributed by atoms with Gasteiger partial charge in [-0.2, -0.15) is 0 Å². The largest absolute Gasteiger partial charge is 0.326 e. The third-order valence-electron chi connectivity index (χ3n) is 3.32. The summed E-state index contributed by atoms with van der Waals surface area (Å²) in [5.41, 5.74) is 0.381. The number of sulfonamides is 1. The molecule has 0 unspecified atom stereocenters. The van der Waals surface area contributed by atoms with Crippen LogP contribution in [0.15, 0.2) is 24.3 Å². The molecule has 0 saturated carbocycles. The maximum absolute atomic E-state index is 13.0. The summed E-state index contributed by atoms with van der Waals surface area (Å²) in [7, 11) is -3.28. The molecule has 1 amide bonds. The van der Waals surface area contributed by atoms with E-state index < -0.39 is 21.8 Å². The summed E-state index contributed by atoms with van der Waals surface area (Å²) in [4.78, 5) is 12.1. The van der Waals surface area contributed by atoms with E-state index in [4.69, 9.17) is 0 Å². The van der Waals surface area contributed by atoms with Crippen molar-refractivity contribution < 1.29 is 17.6 Å². The molecular formula is C13H17FN2O3S. The number of nitrogens with zero attached hydrogens (tertiary/aromatic N) is 1. The van der Waals surface area contributed by atoms with Gasteiger partial charge in [0.1, 0.15) is 5.82 Å². The molecule has 0 bridgehead atoms. The van der Waals surface area contributed by atoms with Crippen molar-refractivity contribution in [2.75, 3.05) is 24.7 Å². The van der Waals surface area contributed by atoms with Crippen LogP contribution < -0.4 is 5.32 Å². The Balaban J connectivity index is 2.02. The smallest absolute Gasteiger partial charge is 0.228 e. The van der Waals surface area contributed by atoms with E-state index in [1.165, 1.54) is 22.5 Å². The zero-order chi connectivity index (χ0) is 14.8. The van der Waals surface area contributed by atoms with E-state index in [1.807, 2.05) is 0 Å². The average Bonchev–Trinajstić information content (AvgIpc) is 2.38. The fraction of sp³-hybridized carbons (Fsp3) is 0.462. The molecule has 7 heteroatoms. The van der Waals surface area contributed by atoms with Crippen LogP contribution in [0.2, 0.25) is 0 Å². The molecule has 20 heavy (non-hydrogen) atoms. The van der Waals surface area contributed by atoms with Crippen molar-refractivity contribution in [1.29, 1.82) is 0 Å². The van der Waals surface area contributed by atoms with Crippen molar-refractivity contribution in [1.82, 2.24) is 4.31 Å². The maximum atomic E-state index is 13.0. The lowest BCUT2D eigenvalue weighted by Crippen LogP contribution is -2.43. The van der Waals surface area contributed by atoms with Crippen molar-refractivity contribution >= 4 is 21.6 Å². The highest BCUT2D eigenvalue weighted by Gasteiger charge is 2.30. The number of nitrogens with one attached hydrogen (secondary N) is 1. The second kappa shape index (κ2) is 5.88. The predicted octanol–water partition coefficient (Wildman–Crippen LogP) is 1.44. The molecule has 1 saturated heterocycles. The van der Waals surface area contributed by atoms with Gasteiger partial charge in [-0.3, -0.25) is 4.79 Å². The van der Waals surface area contributed by atoms with Crippen LogP contribution in [0.5, 0.6) is 0 Å². The normalized spacial score (nSPS) is 20.6. The van der Waals surface area contributed by atoms with Gasteiger partial charge in [0, 0.05) is 18.8 Å². The molecule has 1 N–H and O–H groups in total. The van der Waals surface area contributed by atoms with Gasteiger partial charge in [0.15, 0.2) is 0 Å². The lowest BCUT2D eigenvalue weighted by Gasteiger charge is -2.30. The van der Waals surface area contributed by atoms with Gasteiger partial charge in [0.05, 0.1) is 12.2 Å². The van der Waals surface area contributed by atoms with E-state index in [0.717, 1.165) is 6.26 Å². The van der Waals surface area contributed by atoms with Gasteiger partial charge < -0.3 is 5.32 Å². The molecule has 1 atom stereocenters. The first kappa shape index (κ1) is 14.9. The van der Waals surface area contributed by atoms with E-state index in [9.17, 15) is 17.6 Å². The average molecular weight is 300 g/mol. The van der Waals surface area contributed by atoms with E-state index in [-0.39, 0.29) is 12.5 Å². The summed E-state index contributed by atoms with van der Waals surface area (Å²) in [5, 5.41) is 2.62. The fourth-order valence-electron chi connectivity index (χ4n) is 2.27. The zero-order valence-electron chi connectivity index (χ0n) is 11.2. The van der Waals surface area contributed by atoms with E-state index in [1.54, 1.807) is 6.07 Å². The fourth-order valence-corrected chi connectivity index (χ4v) is 3.18. The minimum absolute atomic E-state index is 0.181. The quantitative estimate of drug-likeness (QED) is 0.918. The van der Waals surface area contributed by atoms with E-state index in [0.29, 0.717) is 25.1 Å². The van der Waals surface area contributed by atoms with Crippen molar-refractivity contribution in [2.45, 2.75) is 12.8 Å². The highest BCUT2D eigenvalue weighted by molar-refractivity contribution is 7.88. The number of benzene rings is 1. The predicted molar refractivity (Wildman–Crippen MR) is 74.2 cm³/mol. The van der Waals surface area contributed by atoms with Gasteiger partial charge >= 0.3 is 0 Å². The number of halogens is 1. The molecule has 5 nitrogen and oxygen atoms in total. The monoisotopic (exact) mass is 300 g/mol. The summed E-state index contributed by atoms with van der Waals surface area (Å²) in [6, 6.07) is 5.63. The maximum Gasteiger partial charge on any atom is 0.228 e. The Morgan fingerprint density at radius 3 is 2.85 bits per heavy atom. The molecule has 1 aromatic carbocycles. The first-order valence-corrected chi connectivity index (χ1v) is 8.22. The molecule has 0 aliphatic carbocycles. The highest BCUT2D eigenvalue weighted by atomic mass is 32.2. The SMILES string of the molecule is CS(=O)(=O)N1CCC[C@@H](C(=O)Nc2cccc(F)c2)C1. The number of rotatable bonds is 3. The van der Waals surface area contributed by atoms with Gasteiger partial charge in [-0.15, -0.1) is 0 Å². The summed E-state index contributed by atoms with van der Waals surface area (Å²) >= 11 is 0. The summed E-state index contributed by atoms with van der Waals surface area (Å²) < 4.78 is 37.4. The minimum Gasteiger partial charge on any atom is -0.326 e. The Labute approximate surface area is 117 Å². The van der Waals surface area contributed by atoms with Crippen LogP contribution in [0, 0.1) is 11.7 Å². The standard InChI is InChI=1S/C13H17FN2O3S/c1-20(18,19)16-7-3-4-10(9-16)13(17)15-12-6-2-5-11(14)8-12/h2,5-6,8,10H,3-4,7,9H2,1H3,(H,15,17)/t10-/m1/s1. The van der Waals surface area contributed by atoms with Crippen LogP contribution >= 0.6 is 0 Å². The van der Waals surface area contributed by atoms with Crippen molar-refractivity contribution in [2.24, 2.45) is 5.92 Å². The zero-order valence-corrected chi connectivity index (χ0v) is 12.0. The third-order valence-corrected chi connectivity index (χ3v) is 4.59. The Bertz CT molecular complexity index is 603. The second-order valence-electron chi connectivity index (χ2n) is 4.96. The van der Waals surface area contributed by atoms with Crippen LogP contribution in [0.4, 0.5) is 10.1 Å². The number of amides is 1. The van der Waals surface area contributed by atoms with E-state index in [2.05, 4.69) is 5.32 Å². The van der Waals surface area contributed by atoms with Crippen LogP contribution in [-0.4, -0.2) is 38.0 Å². The minimum atomic E-state index is -3.28. The van der Waals surface area contributed by atoms with Crippen LogP contribution in [0.3, 0.4) is 0 Å². The Morgan fingerprint density at radius 1 is 1.45 bits per heavy atom. The summed E-state index contributed by atoms with van der Waals surface area (Å²) in [5.74, 6) is -1.10. The van der Waals surface area contributed by atoms with Crippen molar-refractivity contribution in [3.8, 4) is 0 Å². The molecule has 1 aliphatic heterocycles. The van der Waals surface area contributed by atoms with Crippen molar-refractivity contribution in [3.05, 3.63) is 30.1 Å².